The first kappa shape index (κ1) is 15.5. The quantitative estimate of drug-likeness (QED) is 0.930. The van der Waals surface area contributed by atoms with Crippen LogP contribution in [0, 0.1) is 12.8 Å². The van der Waals surface area contributed by atoms with Crippen LogP contribution in [0.2, 0.25) is 0 Å². The maximum absolute atomic E-state index is 12.2. The maximum atomic E-state index is 12.2. The van der Waals surface area contributed by atoms with Gasteiger partial charge in [-0.15, -0.1) is 0 Å². The van der Waals surface area contributed by atoms with Crippen molar-refractivity contribution < 1.29 is 4.79 Å². The second kappa shape index (κ2) is 7.27. The first-order valence-electron chi connectivity index (χ1n) is 8.15. The van der Waals surface area contributed by atoms with Crippen LogP contribution in [0.3, 0.4) is 0 Å². The van der Waals surface area contributed by atoms with Gasteiger partial charge in [0.05, 0.1) is 0 Å². The van der Waals surface area contributed by atoms with Gasteiger partial charge in [-0.05, 0) is 30.9 Å². The number of hydrogen-bond acceptors (Lipinski definition) is 3. The number of thioether (sulfide) groups is 1. The highest BCUT2D eigenvalue weighted by molar-refractivity contribution is 7.99. The van der Waals surface area contributed by atoms with E-state index in [9.17, 15) is 4.79 Å². The van der Waals surface area contributed by atoms with Gasteiger partial charge in [0.25, 0.3) is 0 Å². The molecule has 0 bridgehead atoms. The number of aryl methyl sites for hydroxylation is 1. The second-order valence-electron chi connectivity index (χ2n) is 6.17. The number of rotatable bonds is 3. The van der Waals surface area contributed by atoms with Crippen molar-refractivity contribution in [3.63, 3.8) is 0 Å². The zero-order valence-corrected chi connectivity index (χ0v) is 14.1. The topological polar surface area (TPSA) is 35.6 Å². The van der Waals surface area contributed by atoms with E-state index >= 15 is 0 Å². The molecule has 5 heteroatoms. The molecule has 0 unspecified atom stereocenters. The molecule has 3 rings (SSSR count). The van der Waals surface area contributed by atoms with Gasteiger partial charge in [0.1, 0.15) is 0 Å². The molecule has 2 saturated heterocycles. The lowest BCUT2D eigenvalue weighted by atomic mass is 10.1. The summed E-state index contributed by atoms with van der Waals surface area (Å²) in [5.41, 5.74) is 2.67. The molecule has 0 spiro atoms. The fourth-order valence-corrected chi connectivity index (χ4v) is 4.15. The molecule has 22 heavy (non-hydrogen) atoms. The molecule has 120 valence electrons. The Morgan fingerprint density at radius 2 is 2.05 bits per heavy atom. The number of carbonyl (C=O) groups excluding carboxylic acids is 1. The fourth-order valence-electron chi connectivity index (χ4n) is 3.25. The number of nitrogens with zero attached hydrogens (tertiary/aromatic N) is 2. The van der Waals surface area contributed by atoms with Crippen molar-refractivity contribution in [1.29, 1.82) is 0 Å². The van der Waals surface area contributed by atoms with Crippen molar-refractivity contribution in [3.8, 4) is 0 Å². The van der Waals surface area contributed by atoms with E-state index in [2.05, 4.69) is 41.4 Å². The predicted molar refractivity (Wildman–Crippen MR) is 93.8 cm³/mol. The van der Waals surface area contributed by atoms with Crippen LogP contribution in [-0.4, -0.2) is 55.2 Å². The van der Waals surface area contributed by atoms with E-state index < -0.39 is 0 Å². The van der Waals surface area contributed by atoms with Crippen LogP contribution >= 0.6 is 11.8 Å². The highest BCUT2D eigenvalue weighted by Gasteiger charge is 2.25. The maximum Gasteiger partial charge on any atom is 0.317 e. The summed E-state index contributed by atoms with van der Waals surface area (Å²) in [6.45, 7) is 6.86. The molecular formula is C17H25N3OS. The van der Waals surface area contributed by atoms with Crippen molar-refractivity contribution >= 4 is 23.5 Å². The average molecular weight is 319 g/mol. The van der Waals surface area contributed by atoms with E-state index in [1.807, 2.05) is 16.7 Å². The number of amides is 2. The molecule has 2 aliphatic rings. The molecule has 0 radical (unpaired) electrons. The molecule has 2 aliphatic heterocycles. The number of anilines is 1. The van der Waals surface area contributed by atoms with E-state index in [0.717, 1.165) is 50.7 Å². The molecule has 1 aromatic carbocycles. The third kappa shape index (κ3) is 3.69. The first-order valence-corrected chi connectivity index (χ1v) is 9.30. The Balaban J connectivity index is 1.47. The minimum atomic E-state index is 0.120. The molecule has 1 aromatic rings. The van der Waals surface area contributed by atoms with Gasteiger partial charge in [-0.25, -0.2) is 4.79 Å². The van der Waals surface area contributed by atoms with E-state index in [1.54, 1.807) is 0 Å². The monoisotopic (exact) mass is 319 g/mol. The molecule has 2 fully saturated rings. The fraction of sp³-hybridized carbons (Fsp3) is 0.588. The minimum Gasteiger partial charge on any atom is -0.371 e. The van der Waals surface area contributed by atoms with E-state index in [4.69, 9.17) is 0 Å². The summed E-state index contributed by atoms with van der Waals surface area (Å²) in [6, 6.07) is 8.67. The van der Waals surface area contributed by atoms with Crippen molar-refractivity contribution in [1.82, 2.24) is 10.2 Å². The second-order valence-corrected chi connectivity index (χ2v) is 7.40. The number of para-hydroxylation sites is 1. The summed E-state index contributed by atoms with van der Waals surface area (Å²) in [6.07, 6.45) is 1.16. The van der Waals surface area contributed by atoms with E-state index in [1.165, 1.54) is 11.3 Å². The van der Waals surface area contributed by atoms with Crippen molar-refractivity contribution in [3.05, 3.63) is 29.8 Å². The van der Waals surface area contributed by atoms with Crippen LogP contribution in [-0.2, 0) is 0 Å². The minimum absolute atomic E-state index is 0.120. The molecule has 2 heterocycles. The molecular weight excluding hydrogens is 294 g/mol. The third-order valence-electron chi connectivity index (χ3n) is 4.58. The number of nitrogens with one attached hydrogen (secondary N) is 1. The zero-order valence-electron chi connectivity index (χ0n) is 13.3. The highest BCUT2D eigenvalue weighted by atomic mass is 32.2. The third-order valence-corrected chi connectivity index (χ3v) is 5.52. The van der Waals surface area contributed by atoms with Gasteiger partial charge in [0.15, 0.2) is 0 Å². The summed E-state index contributed by atoms with van der Waals surface area (Å²) in [7, 11) is 0. The Morgan fingerprint density at radius 3 is 2.82 bits per heavy atom. The summed E-state index contributed by atoms with van der Waals surface area (Å²) >= 11 is 1.93. The summed E-state index contributed by atoms with van der Waals surface area (Å²) < 4.78 is 0. The SMILES string of the molecule is Cc1ccccc1N1CC[C@@H](CNC(=O)N2CCSCC2)C1. The van der Waals surface area contributed by atoms with Gasteiger partial charge in [-0.3, -0.25) is 0 Å². The first-order chi connectivity index (χ1) is 10.7. The predicted octanol–water partition coefficient (Wildman–Crippen LogP) is 2.58. The largest absolute Gasteiger partial charge is 0.371 e. The zero-order chi connectivity index (χ0) is 15.4. The molecule has 1 N–H and O–H groups in total. The lowest BCUT2D eigenvalue weighted by molar-refractivity contribution is 0.201. The number of urea groups is 1. The highest BCUT2D eigenvalue weighted by Crippen LogP contribution is 2.26. The van der Waals surface area contributed by atoms with Crippen molar-refractivity contribution in [2.45, 2.75) is 13.3 Å². The average Bonchev–Trinajstić information content (AvgIpc) is 3.02. The molecule has 0 saturated carbocycles. The van der Waals surface area contributed by atoms with Crippen LogP contribution < -0.4 is 10.2 Å². The Kier molecular flexibility index (Phi) is 5.13. The number of carbonyl (C=O) groups is 1. The van der Waals surface area contributed by atoms with Crippen LogP contribution in [0.15, 0.2) is 24.3 Å². The lowest BCUT2D eigenvalue weighted by Crippen LogP contribution is -2.45. The van der Waals surface area contributed by atoms with Crippen LogP contribution in [0.4, 0.5) is 10.5 Å². The molecule has 0 aliphatic carbocycles. The van der Waals surface area contributed by atoms with Crippen molar-refractivity contribution in [2.24, 2.45) is 5.92 Å². The lowest BCUT2D eigenvalue weighted by Gasteiger charge is -2.27. The van der Waals surface area contributed by atoms with Crippen LogP contribution in [0.1, 0.15) is 12.0 Å². The Morgan fingerprint density at radius 1 is 1.27 bits per heavy atom. The molecule has 4 nitrogen and oxygen atoms in total. The van der Waals surface area contributed by atoms with E-state index in [0.29, 0.717) is 5.92 Å². The van der Waals surface area contributed by atoms with Gasteiger partial charge in [-0.2, -0.15) is 11.8 Å². The number of benzene rings is 1. The van der Waals surface area contributed by atoms with Gasteiger partial charge >= 0.3 is 6.03 Å². The summed E-state index contributed by atoms with van der Waals surface area (Å²) in [4.78, 5) is 16.5. The summed E-state index contributed by atoms with van der Waals surface area (Å²) in [5.74, 6) is 2.69. The molecule has 0 aromatic heterocycles. The molecule has 2 amide bonds. The van der Waals surface area contributed by atoms with Gasteiger partial charge in [0, 0.05) is 49.9 Å². The Labute approximate surface area is 137 Å². The van der Waals surface area contributed by atoms with E-state index in [-0.39, 0.29) is 6.03 Å². The smallest absolute Gasteiger partial charge is 0.317 e. The van der Waals surface area contributed by atoms with Crippen LogP contribution in [0.5, 0.6) is 0 Å². The normalized spacial score (nSPS) is 22.0. The van der Waals surface area contributed by atoms with Gasteiger partial charge < -0.3 is 15.1 Å². The Bertz CT molecular complexity index is 516. The summed E-state index contributed by atoms with van der Waals surface area (Å²) in [5, 5.41) is 3.13. The van der Waals surface area contributed by atoms with Gasteiger partial charge in [0.2, 0.25) is 0 Å². The Hall–Kier alpha value is -1.36. The molecule has 1 atom stereocenters. The standard InChI is InChI=1S/C17H25N3OS/c1-14-4-2-3-5-16(14)20-7-6-15(13-20)12-18-17(21)19-8-10-22-11-9-19/h2-5,15H,6-13H2,1H3,(H,18,21)/t15-/m0/s1. The number of hydrogen-bond donors (Lipinski definition) is 1. The van der Waals surface area contributed by atoms with Gasteiger partial charge in [-0.1, -0.05) is 18.2 Å². The van der Waals surface area contributed by atoms with Crippen molar-refractivity contribution in [2.75, 3.05) is 49.1 Å². The van der Waals surface area contributed by atoms with Crippen LogP contribution in [0.25, 0.3) is 0 Å².